The van der Waals surface area contributed by atoms with Gasteiger partial charge in [0.25, 0.3) is 0 Å². The average molecular weight is 344 g/mol. The number of nitrogens with zero attached hydrogens (tertiary/aromatic N) is 1. The zero-order valence-corrected chi connectivity index (χ0v) is 14.3. The van der Waals surface area contributed by atoms with E-state index in [-0.39, 0.29) is 16.9 Å². The highest BCUT2D eigenvalue weighted by molar-refractivity contribution is 8.13. The lowest BCUT2D eigenvalue weighted by Gasteiger charge is -2.21. The Bertz CT molecular complexity index is 593. The quantitative estimate of drug-likeness (QED) is 0.822. The van der Waals surface area contributed by atoms with Gasteiger partial charge in [0, 0.05) is 37.8 Å². The van der Waals surface area contributed by atoms with Gasteiger partial charge < -0.3 is 14.4 Å². The molecule has 1 heterocycles. The molecule has 5 nitrogen and oxygen atoms in total. The number of rotatable bonds is 5. The molecule has 120 valence electrons. The van der Waals surface area contributed by atoms with Crippen molar-refractivity contribution in [3.63, 3.8) is 0 Å². The Hall–Kier alpha value is -1.40. The summed E-state index contributed by atoms with van der Waals surface area (Å²) < 4.78 is 10.5. The fraction of sp³-hybridized carbons (Fsp3) is 0.467. The van der Waals surface area contributed by atoms with Crippen molar-refractivity contribution in [3.8, 4) is 11.5 Å². The Kier molecular flexibility index (Phi) is 5.58. The number of amides is 1. The van der Waals surface area contributed by atoms with E-state index in [0.29, 0.717) is 40.9 Å². The molecule has 1 aliphatic heterocycles. The molecule has 0 aromatic heterocycles. The summed E-state index contributed by atoms with van der Waals surface area (Å²) in [5.41, 5.74) is 0.643. The summed E-state index contributed by atoms with van der Waals surface area (Å²) in [5.74, 6) is 1.82. The van der Waals surface area contributed by atoms with Crippen LogP contribution in [0.4, 0.5) is 5.69 Å². The first kappa shape index (κ1) is 17.0. The van der Waals surface area contributed by atoms with Gasteiger partial charge >= 0.3 is 0 Å². The second-order valence-corrected chi connectivity index (χ2v) is 6.64. The van der Waals surface area contributed by atoms with Crippen LogP contribution in [0.25, 0.3) is 0 Å². The van der Waals surface area contributed by atoms with Crippen LogP contribution in [0.1, 0.15) is 13.3 Å². The van der Waals surface area contributed by atoms with Gasteiger partial charge in [-0.05, 0) is 5.92 Å². The molecule has 0 radical (unpaired) electrons. The highest BCUT2D eigenvalue weighted by Crippen LogP contribution is 2.40. The molecule has 0 saturated carbocycles. The van der Waals surface area contributed by atoms with Crippen LogP contribution in [0.5, 0.6) is 11.5 Å². The number of hydrogen-bond acceptors (Lipinski definition) is 5. The lowest BCUT2D eigenvalue weighted by atomic mass is 10.1. The third-order valence-corrected chi connectivity index (χ3v) is 4.81. The van der Waals surface area contributed by atoms with Crippen LogP contribution in [0.15, 0.2) is 12.1 Å². The van der Waals surface area contributed by atoms with Crippen LogP contribution in [0.3, 0.4) is 0 Å². The fourth-order valence-corrected chi connectivity index (χ4v) is 3.34. The number of carbonyl (C=O) groups is 2. The summed E-state index contributed by atoms with van der Waals surface area (Å²) in [6, 6.07) is 3.35. The van der Waals surface area contributed by atoms with E-state index in [1.807, 2.05) is 0 Å². The molecular weight excluding hydrogens is 326 g/mol. The zero-order valence-electron chi connectivity index (χ0n) is 12.7. The number of benzene rings is 1. The van der Waals surface area contributed by atoms with Gasteiger partial charge in [0.1, 0.15) is 11.5 Å². The normalized spacial score (nSPS) is 17.7. The summed E-state index contributed by atoms with van der Waals surface area (Å²) in [5, 5.41) is 0.495. The second-order valence-electron chi connectivity index (χ2n) is 5.04. The highest BCUT2D eigenvalue weighted by atomic mass is 35.5. The minimum atomic E-state index is 0.0110. The average Bonchev–Trinajstić information content (AvgIpc) is 2.85. The maximum atomic E-state index is 12.3. The van der Waals surface area contributed by atoms with E-state index < -0.39 is 0 Å². The van der Waals surface area contributed by atoms with Crippen molar-refractivity contribution in [1.82, 2.24) is 0 Å². The number of thioether (sulfide) groups is 1. The third-order valence-electron chi connectivity index (χ3n) is 3.47. The number of anilines is 1. The molecule has 0 spiro atoms. The van der Waals surface area contributed by atoms with Crippen molar-refractivity contribution in [2.24, 2.45) is 5.92 Å². The molecule has 1 amide bonds. The number of ether oxygens (including phenoxy) is 2. The first-order valence-electron chi connectivity index (χ1n) is 6.81. The largest absolute Gasteiger partial charge is 0.495 e. The van der Waals surface area contributed by atoms with E-state index in [4.69, 9.17) is 21.1 Å². The Morgan fingerprint density at radius 2 is 2.05 bits per heavy atom. The SMILES string of the molecule is COc1cc(N2CC(CSC(C)=O)CC2=O)c(OC)cc1Cl. The van der Waals surface area contributed by atoms with E-state index in [9.17, 15) is 9.59 Å². The van der Waals surface area contributed by atoms with Crippen molar-refractivity contribution in [3.05, 3.63) is 17.2 Å². The fourth-order valence-electron chi connectivity index (χ4n) is 2.42. The molecule has 1 aromatic rings. The summed E-state index contributed by atoms with van der Waals surface area (Å²) in [6.07, 6.45) is 0.425. The number of hydrogen-bond donors (Lipinski definition) is 0. The van der Waals surface area contributed by atoms with Gasteiger partial charge in [-0.1, -0.05) is 23.4 Å². The summed E-state index contributed by atoms with van der Waals surface area (Å²) in [4.78, 5) is 25.0. The van der Waals surface area contributed by atoms with Crippen LogP contribution in [0, 0.1) is 5.92 Å². The van der Waals surface area contributed by atoms with Gasteiger partial charge in [-0.3, -0.25) is 9.59 Å². The number of methoxy groups -OCH3 is 2. The van der Waals surface area contributed by atoms with Crippen LogP contribution < -0.4 is 14.4 Å². The van der Waals surface area contributed by atoms with E-state index in [0.717, 1.165) is 0 Å². The van der Waals surface area contributed by atoms with Gasteiger partial charge in [-0.25, -0.2) is 0 Å². The predicted molar refractivity (Wildman–Crippen MR) is 88.2 cm³/mol. The van der Waals surface area contributed by atoms with Gasteiger partial charge in [-0.2, -0.15) is 0 Å². The third kappa shape index (κ3) is 3.67. The first-order chi connectivity index (χ1) is 10.5. The van der Waals surface area contributed by atoms with E-state index >= 15 is 0 Å². The molecule has 1 aliphatic rings. The monoisotopic (exact) mass is 343 g/mol. The molecule has 0 aliphatic carbocycles. The molecule has 1 atom stereocenters. The van der Waals surface area contributed by atoms with Gasteiger partial charge in [0.15, 0.2) is 5.12 Å². The Morgan fingerprint density at radius 1 is 1.36 bits per heavy atom. The molecule has 1 fully saturated rings. The topological polar surface area (TPSA) is 55.8 Å². The minimum Gasteiger partial charge on any atom is -0.495 e. The molecule has 1 unspecified atom stereocenters. The lowest BCUT2D eigenvalue weighted by molar-refractivity contribution is -0.117. The predicted octanol–water partition coefficient (Wildman–Crippen LogP) is 2.99. The molecule has 7 heteroatoms. The van der Waals surface area contributed by atoms with Crippen LogP contribution >= 0.6 is 23.4 Å². The summed E-state index contributed by atoms with van der Waals surface area (Å²) in [6.45, 7) is 2.09. The maximum absolute atomic E-state index is 12.3. The zero-order chi connectivity index (χ0) is 16.3. The number of halogens is 1. The minimum absolute atomic E-state index is 0.0110. The molecular formula is C15H18ClNO4S. The van der Waals surface area contributed by atoms with Crippen LogP contribution in [0.2, 0.25) is 5.02 Å². The van der Waals surface area contributed by atoms with E-state index in [1.54, 1.807) is 17.0 Å². The van der Waals surface area contributed by atoms with Crippen LogP contribution in [-0.4, -0.2) is 37.5 Å². The van der Waals surface area contributed by atoms with Crippen molar-refractivity contribution in [2.45, 2.75) is 13.3 Å². The highest BCUT2D eigenvalue weighted by Gasteiger charge is 2.33. The summed E-state index contributed by atoms with van der Waals surface area (Å²) >= 11 is 7.34. The van der Waals surface area contributed by atoms with Crippen molar-refractivity contribution in [2.75, 3.05) is 31.4 Å². The number of carbonyl (C=O) groups excluding carboxylic acids is 2. The van der Waals surface area contributed by atoms with Gasteiger partial charge in [-0.15, -0.1) is 0 Å². The van der Waals surface area contributed by atoms with Crippen LogP contribution in [-0.2, 0) is 9.59 Å². The van der Waals surface area contributed by atoms with E-state index in [1.165, 1.54) is 32.9 Å². The molecule has 0 bridgehead atoms. The standard InChI is InChI=1S/C15H18ClNO4S/c1-9(18)22-8-10-4-15(19)17(7-10)12-6-13(20-2)11(16)5-14(12)21-3/h5-6,10H,4,7-8H2,1-3H3. The van der Waals surface area contributed by atoms with Gasteiger partial charge in [0.05, 0.1) is 24.9 Å². The van der Waals surface area contributed by atoms with Gasteiger partial charge in [0.2, 0.25) is 5.91 Å². The molecule has 1 saturated heterocycles. The molecule has 0 N–H and O–H groups in total. The molecule has 1 aromatic carbocycles. The van der Waals surface area contributed by atoms with E-state index in [2.05, 4.69) is 0 Å². The lowest BCUT2D eigenvalue weighted by Crippen LogP contribution is -2.25. The van der Waals surface area contributed by atoms with Crippen molar-refractivity contribution < 1.29 is 19.1 Å². The Balaban J connectivity index is 2.24. The van der Waals surface area contributed by atoms with Crippen molar-refractivity contribution >= 4 is 40.1 Å². The second kappa shape index (κ2) is 7.24. The molecule has 22 heavy (non-hydrogen) atoms. The Labute approximate surface area is 138 Å². The first-order valence-corrected chi connectivity index (χ1v) is 8.17. The Morgan fingerprint density at radius 3 is 2.64 bits per heavy atom. The maximum Gasteiger partial charge on any atom is 0.227 e. The molecule has 2 rings (SSSR count). The smallest absolute Gasteiger partial charge is 0.227 e. The van der Waals surface area contributed by atoms with Crippen molar-refractivity contribution in [1.29, 1.82) is 0 Å². The summed E-state index contributed by atoms with van der Waals surface area (Å²) in [7, 11) is 3.06.